The molecule has 2 rings (SSSR count). The third kappa shape index (κ3) is 4.09. The molecular weight excluding hydrogens is 357 g/mol. The molecule has 2 amide bonds. The van der Waals surface area contributed by atoms with Gasteiger partial charge in [-0.05, 0) is 46.9 Å². The molecule has 0 spiro atoms. The molecule has 0 fully saturated rings. The molecule has 1 aromatic heterocycles. The van der Waals surface area contributed by atoms with Gasteiger partial charge in [0, 0.05) is 21.5 Å². The van der Waals surface area contributed by atoms with Crippen LogP contribution in [-0.4, -0.2) is 18.1 Å². The van der Waals surface area contributed by atoms with Gasteiger partial charge in [-0.2, -0.15) is 0 Å². The molecule has 2 aromatic rings. The molecule has 0 saturated carbocycles. The van der Waals surface area contributed by atoms with Crippen LogP contribution in [0.5, 0.6) is 5.75 Å². The third-order valence-electron chi connectivity index (χ3n) is 2.30. The molecule has 19 heavy (non-hydrogen) atoms. The van der Waals surface area contributed by atoms with E-state index < -0.39 is 0 Å². The number of aromatic nitrogens is 1. The van der Waals surface area contributed by atoms with E-state index in [4.69, 9.17) is 4.74 Å². The fourth-order valence-electron chi connectivity index (χ4n) is 1.43. The van der Waals surface area contributed by atoms with Crippen molar-refractivity contribution in [3.8, 4) is 5.75 Å². The number of carbonyl (C=O) groups excluding carboxylic acids is 1. The lowest BCUT2D eigenvalue weighted by Gasteiger charge is -2.08. The van der Waals surface area contributed by atoms with E-state index in [-0.39, 0.29) is 6.03 Å². The molecule has 0 bridgehead atoms. The second kappa shape index (κ2) is 6.37. The first-order chi connectivity index (χ1) is 9.17. The Morgan fingerprint density at radius 2 is 2.11 bits per heavy atom. The van der Waals surface area contributed by atoms with Gasteiger partial charge in [0.05, 0.1) is 7.11 Å². The number of pyridine rings is 1. The monoisotopic (exact) mass is 369 g/mol. The summed E-state index contributed by atoms with van der Waals surface area (Å²) in [4.78, 5) is 15.9. The number of methoxy groups -OCH3 is 1. The van der Waals surface area contributed by atoms with Gasteiger partial charge in [0.1, 0.15) is 11.6 Å². The highest BCUT2D eigenvalue weighted by Crippen LogP contribution is 2.17. The molecule has 5 nitrogen and oxygen atoms in total. The fraction of sp³-hybridized carbons (Fsp3) is 0.0769. The minimum absolute atomic E-state index is 0.345. The van der Waals surface area contributed by atoms with Crippen LogP contribution in [0.4, 0.5) is 16.3 Å². The van der Waals surface area contributed by atoms with E-state index in [0.29, 0.717) is 17.3 Å². The number of anilines is 2. The highest BCUT2D eigenvalue weighted by molar-refractivity contribution is 14.1. The topological polar surface area (TPSA) is 63.2 Å². The van der Waals surface area contributed by atoms with Gasteiger partial charge in [-0.1, -0.05) is 6.07 Å². The van der Waals surface area contributed by atoms with Crippen molar-refractivity contribution in [3.63, 3.8) is 0 Å². The maximum Gasteiger partial charge on any atom is 0.324 e. The first kappa shape index (κ1) is 13.6. The van der Waals surface area contributed by atoms with Crippen LogP contribution in [0.15, 0.2) is 42.6 Å². The lowest BCUT2D eigenvalue weighted by atomic mass is 10.3. The SMILES string of the molecule is COc1cccc(NC(=O)Nc2ccc(I)cn2)c1. The number of amides is 2. The summed E-state index contributed by atoms with van der Waals surface area (Å²) in [5.74, 6) is 1.19. The number of urea groups is 1. The zero-order valence-electron chi connectivity index (χ0n) is 10.2. The Balaban J connectivity index is 1.99. The number of halogens is 1. The summed E-state index contributed by atoms with van der Waals surface area (Å²) in [6.07, 6.45) is 1.68. The van der Waals surface area contributed by atoms with Crippen molar-refractivity contribution in [2.75, 3.05) is 17.7 Å². The summed E-state index contributed by atoms with van der Waals surface area (Å²) in [5, 5.41) is 5.36. The molecule has 0 aliphatic heterocycles. The van der Waals surface area contributed by atoms with Crippen LogP contribution >= 0.6 is 22.6 Å². The molecule has 0 aliphatic rings. The summed E-state index contributed by atoms with van der Waals surface area (Å²) >= 11 is 2.15. The van der Waals surface area contributed by atoms with Crippen molar-refractivity contribution in [1.82, 2.24) is 4.98 Å². The Hall–Kier alpha value is -1.83. The molecule has 0 radical (unpaired) electrons. The van der Waals surface area contributed by atoms with Gasteiger partial charge in [0.25, 0.3) is 0 Å². The van der Waals surface area contributed by atoms with Crippen LogP contribution in [-0.2, 0) is 0 Å². The normalized spacial score (nSPS) is 9.79. The number of carbonyl (C=O) groups is 1. The van der Waals surface area contributed by atoms with Crippen LogP contribution in [0, 0.1) is 3.57 Å². The number of benzene rings is 1. The maximum absolute atomic E-state index is 11.8. The van der Waals surface area contributed by atoms with Crippen molar-refractivity contribution >= 4 is 40.1 Å². The van der Waals surface area contributed by atoms with Crippen LogP contribution in [0.1, 0.15) is 0 Å². The predicted molar refractivity (Wildman–Crippen MR) is 82.6 cm³/mol. The third-order valence-corrected chi connectivity index (χ3v) is 2.93. The summed E-state index contributed by atoms with van der Waals surface area (Å²) < 4.78 is 6.09. The predicted octanol–water partition coefficient (Wildman–Crippen LogP) is 3.34. The Morgan fingerprint density at radius 3 is 2.79 bits per heavy atom. The van der Waals surface area contributed by atoms with Crippen LogP contribution < -0.4 is 15.4 Å². The summed E-state index contributed by atoms with van der Waals surface area (Å²) in [7, 11) is 1.58. The van der Waals surface area contributed by atoms with Gasteiger partial charge in [-0.3, -0.25) is 5.32 Å². The maximum atomic E-state index is 11.8. The molecule has 0 aliphatic carbocycles. The second-order valence-electron chi connectivity index (χ2n) is 3.67. The number of hydrogen-bond acceptors (Lipinski definition) is 3. The molecule has 0 unspecified atom stereocenters. The number of nitrogens with zero attached hydrogens (tertiary/aromatic N) is 1. The molecule has 98 valence electrons. The largest absolute Gasteiger partial charge is 0.497 e. The zero-order valence-corrected chi connectivity index (χ0v) is 12.3. The number of nitrogens with one attached hydrogen (secondary N) is 2. The summed E-state index contributed by atoms with van der Waals surface area (Å²) in [5.41, 5.74) is 0.655. The Bertz CT molecular complexity index is 572. The highest BCUT2D eigenvalue weighted by atomic mass is 127. The van der Waals surface area contributed by atoms with Gasteiger partial charge in [-0.15, -0.1) is 0 Å². The van der Waals surface area contributed by atoms with E-state index in [2.05, 4.69) is 38.2 Å². The van der Waals surface area contributed by atoms with Crippen LogP contribution in [0.3, 0.4) is 0 Å². The summed E-state index contributed by atoms with van der Waals surface area (Å²) in [6, 6.07) is 10.4. The standard InChI is InChI=1S/C13H12IN3O2/c1-19-11-4-2-3-10(7-11)16-13(18)17-12-6-5-9(14)8-15-12/h2-8H,1H3,(H2,15,16,17,18). The fourth-order valence-corrected chi connectivity index (χ4v) is 1.75. The van der Waals surface area contributed by atoms with Gasteiger partial charge in [-0.25, -0.2) is 9.78 Å². The van der Waals surface area contributed by atoms with E-state index in [1.54, 1.807) is 37.6 Å². The molecule has 6 heteroatoms. The second-order valence-corrected chi connectivity index (χ2v) is 4.92. The average Bonchev–Trinajstić information content (AvgIpc) is 2.41. The van der Waals surface area contributed by atoms with E-state index in [1.165, 1.54) is 0 Å². The first-order valence-corrected chi connectivity index (χ1v) is 6.59. The highest BCUT2D eigenvalue weighted by Gasteiger charge is 2.04. The van der Waals surface area contributed by atoms with E-state index in [9.17, 15) is 4.79 Å². The quantitative estimate of drug-likeness (QED) is 0.816. The molecule has 0 atom stereocenters. The van der Waals surface area contributed by atoms with Gasteiger partial charge < -0.3 is 10.1 Å². The first-order valence-electron chi connectivity index (χ1n) is 5.51. The molecule has 2 N–H and O–H groups in total. The van der Waals surface area contributed by atoms with Gasteiger partial charge >= 0.3 is 6.03 Å². The van der Waals surface area contributed by atoms with Gasteiger partial charge in [0.2, 0.25) is 0 Å². The number of hydrogen-bond donors (Lipinski definition) is 2. The van der Waals surface area contributed by atoms with Crippen molar-refractivity contribution in [2.45, 2.75) is 0 Å². The lowest BCUT2D eigenvalue weighted by Crippen LogP contribution is -2.20. The van der Waals surface area contributed by atoms with E-state index in [1.807, 2.05) is 12.1 Å². The van der Waals surface area contributed by atoms with Crippen LogP contribution in [0.25, 0.3) is 0 Å². The molecule has 1 heterocycles. The molecule has 0 saturated heterocycles. The van der Waals surface area contributed by atoms with E-state index >= 15 is 0 Å². The van der Waals surface area contributed by atoms with Crippen LogP contribution in [0.2, 0.25) is 0 Å². The summed E-state index contributed by atoms with van der Waals surface area (Å²) in [6.45, 7) is 0. The Morgan fingerprint density at radius 1 is 1.26 bits per heavy atom. The number of ether oxygens (including phenoxy) is 1. The van der Waals surface area contributed by atoms with Gasteiger partial charge in [0.15, 0.2) is 0 Å². The Kier molecular flexibility index (Phi) is 4.56. The minimum atomic E-state index is -0.345. The average molecular weight is 369 g/mol. The Labute approximate surface area is 124 Å². The van der Waals surface area contributed by atoms with Crippen molar-refractivity contribution in [3.05, 3.63) is 46.2 Å². The number of rotatable bonds is 3. The lowest BCUT2D eigenvalue weighted by molar-refractivity contribution is 0.262. The van der Waals surface area contributed by atoms with Crippen molar-refractivity contribution in [1.29, 1.82) is 0 Å². The molecule has 1 aromatic carbocycles. The zero-order chi connectivity index (χ0) is 13.7. The van der Waals surface area contributed by atoms with Crippen molar-refractivity contribution in [2.24, 2.45) is 0 Å². The smallest absolute Gasteiger partial charge is 0.324 e. The minimum Gasteiger partial charge on any atom is -0.497 e. The molecular formula is C13H12IN3O2. The van der Waals surface area contributed by atoms with E-state index in [0.717, 1.165) is 3.57 Å². The van der Waals surface area contributed by atoms with Crippen molar-refractivity contribution < 1.29 is 9.53 Å².